The third kappa shape index (κ3) is 7.05. The lowest BCUT2D eigenvalue weighted by Gasteiger charge is -2.40. The Hall–Kier alpha value is -0.610. The lowest BCUT2D eigenvalue weighted by molar-refractivity contribution is 0.188. The van der Waals surface area contributed by atoms with Gasteiger partial charge >= 0.3 is 0 Å². The summed E-state index contributed by atoms with van der Waals surface area (Å²) in [6.45, 7) is 18.9. The molecule has 0 amide bonds. The summed E-state index contributed by atoms with van der Waals surface area (Å²) in [5, 5.41) is 3.45. The third-order valence-corrected chi connectivity index (χ3v) is 7.52. The van der Waals surface area contributed by atoms with Crippen LogP contribution in [0.2, 0.25) is 0 Å². The second-order valence-corrected chi connectivity index (χ2v) is 10.5. The second kappa shape index (κ2) is 11.4. The Morgan fingerprint density at radius 2 is 1.85 bits per heavy atom. The molecule has 8 heteroatoms. The second-order valence-electron chi connectivity index (χ2n) is 7.77. The molecule has 0 aromatic heterocycles. The maximum Gasteiger partial charge on any atom is 0.193 e. The number of halogens is 1. The normalized spacial score (nSPS) is 20.1. The van der Waals surface area contributed by atoms with Crippen molar-refractivity contribution in [2.24, 2.45) is 10.9 Å². The monoisotopic (exact) mass is 512 g/mol. The van der Waals surface area contributed by atoms with E-state index in [1.54, 1.807) is 20.9 Å². The van der Waals surface area contributed by atoms with Gasteiger partial charge < -0.3 is 10.2 Å². The van der Waals surface area contributed by atoms with Gasteiger partial charge in [0, 0.05) is 45.8 Å². The summed E-state index contributed by atoms with van der Waals surface area (Å²) in [5.41, 5.74) is 0. The number of aliphatic imine (C=N–C) groups is 1. The van der Waals surface area contributed by atoms with Gasteiger partial charge in [-0.05, 0) is 19.8 Å². The maximum atomic E-state index is 12.2. The number of nitrogens with zero attached hydrogens (tertiary/aromatic N) is 3. The fourth-order valence-corrected chi connectivity index (χ4v) is 4.68. The van der Waals surface area contributed by atoms with Gasteiger partial charge in [-0.3, -0.25) is 9.89 Å². The quantitative estimate of drug-likeness (QED) is 0.234. The van der Waals surface area contributed by atoms with E-state index in [0.717, 1.165) is 25.6 Å². The Kier molecular flexibility index (Phi) is 11.1. The van der Waals surface area contributed by atoms with Crippen molar-refractivity contribution in [2.45, 2.75) is 38.5 Å². The van der Waals surface area contributed by atoms with Crippen LogP contribution < -0.4 is 5.32 Å². The highest BCUT2D eigenvalue weighted by Gasteiger charge is 2.41. The van der Waals surface area contributed by atoms with Crippen molar-refractivity contribution in [3.05, 3.63) is 25.3 Å². The molecule has 158 valence electrons. The summed E-state index contributed by atoms with van der Waals surface area (Å²) in [5.74, 6) is 1.36. The maximum absolute atomic E-state index is 12.2. The smallest absolute Gasteiger partial charge is 0.193 e. The summed E-state index contributed by atoms with van der Waals surface area (Å²) in [6.07, 6.45) is 3.82. The molecule has 0 aromatic carbocycles. The van der Waals surface area contributed by atoms with Gasteiger partial charge in [0.2, 0.25) is 0 Å². The molecule has 1 fully saturated rings. The van der Waals surface area contributed by atoms with E-state index in [-0.39, 0.29) is 29.7 Å². The summed E-state index contributed by atoms with van der Waals surface area (Å²) in [7, 11) is -1.32. The molecule has 1 heterocycles. The SMILES string of the molecule is C=CCN(CC=C)C(CNC(=NC)N1CCS(=O)(=O)C(C)(C)C1)C(C)C.I. The first kappa shape index (κ1) is 26.4. The standard InChI is InChI=1S/C19H36N4O2S.HI/c1-8-10-22(11-9-2)17(16(3)4)14-21-18(20-7)23-12-13-26(24,25)19(5,6)15-23;/h8-9,16-17H,1-2,10-15H2,3-7H3,(H,20,21);1H. The zero-order valence-corrected chi connectivity index (χ0v) is 20.6. The van der Waals surface area contributed by atoms with E-state index in [4.69, 9.17) is 0 Å². The third-order valence-electron chi connectivity index (χ3n) is 4.99. The van der Waals surface area contributed by atoms with Gasteiger partial charge in [0.1, 0.15) is 0 Å². The van der Waals surface area contributed by atoms with Crippen LogP contribution in [0, 0.1) is 5.92 Å². The van der Waals surface area contributed by atoms with Gasteiger partial charge in [0.05, 0.1) is 10.5 Å². The van der Waals surface area contributed by atoms with Crippen molar-refractivity contribution in [1.82, 2.24) is 15.1 Å². The van der Waals surface area contributed by atoms with E-state index < -0.39 is 14.6 Å². The van der Waals surface area contributed by atoms with Crippen LogP contribution in [-0.2, 0) is 9.84 Å². The molecule has 0 radical (unpaired) electrons. The Morgan fingerprint density at radius 1 is 1.30 bits per heavy atom. The molecular formula is C19H37IN4O2S. The van der Waals surface area contributed by atoms with E-state index in [0.29, 0.717) is 25.0 Å². The molecule has 0 aliphatic carbocycles. The summed E-state index contributed by atoms with van der Waals surface area (Å²) in [4.78, 5) is 8.76. The van der Waals surface area contributed by atoms with Crippen molar-refractivity contribution in [1.29, 1.82) is 0 Å². The number of guanidine groups is 1. The molecule has 27 heavy (non-hydrogen) atoms. The van der Waals surface area contributed by atoms with E-state index in [2.05, 4.69) is 42.2 Å². The molecule has 6 nitrogen and oxygen atoms in total. The number of rotatable bonds is 8. The van der Waals surface area contributed by atoms with Crippen LogP contribution in [0.1, 0.15) is 27.7 Å². The molecule has 0 aromatic rings. The summed E-state index contributed by atoms with van der Waals surface area (Å²) in [6, 6.07) is 0.296. The predicted molar refractivity (Wildman–Crippen MR) is 127 cm³/mol. The van der Waals surface area contributed by atoms with Crippen LogP contribution in [-0.4, -0.2) is 80.5 Å². The molecule has 1 atom stereocenters. The van der Waals surface area contributed by atoms with Crippen LogP contribution in [0.25, 0.3) is 0 Å². The summed E-state index contributed by atoms with van der Waals surface area (Å²) >= 11 is 0. The van der Waals surface area contributed by atoms with Crippen LogP contribution in [0.4, 0.5) is 0 Å². The van der Waals surface area contributed by atoms with Crippen molar-refractivity contribution >= 4 is 39.8 Å². The van der Waals surface area contributed by atoms with Crippen LogP contribution in [0.5, 0.6) is 0 Å². The zero-order valence-electron chi connectivity index (χ0n) is 17.4. The minimum absolute atomic E-state index is 0. The van der Waals surface area contributed by atoms with E-state index in [1.807, 2.05) is 17.1 Å². The molecule has 1 N–H and O–H groups in total. The topological polar surface area (TPSA) is 65.0 Å². The van der Waals surface area contributed by atoms with Gasteiger partial charge in [0.25, 0.3) is 0 Å². The lowest BCUT2D eigenvalue weighted by atomic mass is 10.0. The first-order chi connectivity index (χ1) is 12.1. The number of sulfone groups is 1. The molecule has 1 rings (SSSR count). The largest absolute Gasteiger partial charge is 0.355 e. The highest BCUT2D eigenvalue weighted by Crippen LogP contribution is 2.23. The van der Waals surface area contributed by atoms with Crippen molar-refractivity contribution in [3.8, 4) is 0 Å². The fraction of sp³-hybridized carbons (Fsp3) is 0.737. The van der Waals surface area contributed by atoms with Gasteiger partial charge in [-0.1, -0.05) is 26.0 Å². The van der Waals surface area contributed by atoms with E-state index >= 15 is 0 Å². The molecule has 1 saturated heterocycles. The average Bonchev–Trinajstić information content (AvgIpc) is 2.54. The minimum atomic E-state index is -3.06. The van der Waals surface area contributed by atoms with Gasteiger partial charge in [-0.2, -0.15) is 0 Å². The molecule has 1 aliphatic heterocycles. The van der Waals surface area contributed by atoms with Gasteiger partial charge in [-0.25, -0.2) is 8.42 Å². The van der Waals surface area contributed by atoms with Crippen LogP contribution in [0.3, 0.4) is 0 Å². The molecule has 0 bridgehead atoms. The Bertz CT molecular complexity index is 607. The first-order valence-electron chi connectivity index (χ1n) is 9.23. The average molecular weight is 513 g/mol. The Morgan fingerprint density at radius 3 is 2.26 bits per heavy atom. The van der Waals surface area contributed by atoms with Crippen molar-refractivity contribution in [3.63, 3.8) is 0 Å². The Balaban J connectivity index is 0.00000676. The molecule has 0 saturated carbocycles. The van der Waals surface area contributed by atoms with E-state index in [9.17, 15) is 8.42 Å². The minimum Gasteiger partial charge on any atom is -0.355 e. The number of hydrogen-bond donors (Lipinski definition) is 1. The fourth-order valence-electron chi connectivity index (χ4n) is 3.32. The van der Waals surface area contributed by atoms with Crippen LogP contribution >= 0.6 is 24.0 Å². The molecule has 1 aliphatic rings. The van der Waals surface area contributed by atoms with Gasteiger partial charge in [0.15, 0.2) is 15.8 Å². The molecule has 0 spiro atoms. The van der Waals surface area contributed by atoms with Crippen molar-refractivity contribution in [2.75, 3.05) is 45.5 Å². The lowest BCUT2D eigenvalue weighted by Crippen LogP contribution is -2.58. The summed E-state index contributed by atoms with van der Waals surface area (Å²) < 4.78 is 23.7. The van der Waals surface area contributed by atoms with Crippen molar-refractivity contribution < 1.29 is 8.42 Å². The Labute approximate surface area is 183 Å². The highest BCUT2D eigenvalue weighted by atomic mass is 127. The predicted octanol–water partition coefficient (Wildman–Crippen LogP) is 2.39. The molecule has 1 unspecified atom stereocenters. The van der Waals surface area contributed by atoms with Crippen LogP contribution in [0.15, 0.2) is 30.3 Å². The van der Waals surface area contributed by atoms with E-state index in [1.165, 1.54) is 0 Å². The van der Waals surface area contributed by atoms with Gasteiger partial charge in [-0.15, -0.1) is 37.1 Å². The highest BCUT2D eigenvalue weighted by molar-refractivity contribution is 14.0. The molecular weight excluding hydrogens is 475 g/mol. The zero-order chi connectivity index (χ0) is 20.0. The first-order valence-corrected chi connectivity index (χ1v) is 10.9. The number of hydrogen-bond acceptors (Lipinski definition) is 4. The number of nitrogens with one attached hydrogen (secondary N) is 1.